The Hall–Kier alpha value is -1.99. The van der Waals surface area contributed by atoms with Crippen LogP contribution in [0.3, 0.4) is 0 Å². The van der Waals surface area contributed by atoms with Gasteiger partial charge in [-0.1, -0.05) is 36.5 Å². The molecular formula is C33H43F5O2. The Labute approximate surface area is 235 Å². The van der Waals surface area contributed by atoms with Crippen molar-refractivity contribution in [1.29, 1.82) is 0 Å². The van der Waals surface area contributed by atoms with Gasteiger partial charge in [0.2, 0.25) is 0 Å². The van der Waals surface area contributed by atoms with Crippen LogP contribution in [0, 0.1) is 41.1 Å². The summed E-state index contributed by atoms with van der Waals surface area (Å²) in [7, 11) is 0. The molecule has 3 fully saturated rings. The summed E-state index contributed by atoms with van der Waals surface area (Å²) in [6.45, 7) is 2.48. The molecule has 2 nitrogen and oxygen atoms in total. The molecule has 1 aromatic carbocycles. The zero-order chi connectivity index (χ0) is 28.5. The lowest BCUT2D eigenvalue weighted by atomic mass is 9.80. The standard InChI is InChI=1S/C33H43F5O2/c1-2-3-20-39-28-18-14-27(15-19-28)33(37,38)40-29-16-12-25(13-17-29)9-8-23-4-6-24(7-5-23)10-11-26-21-30(34)32(36)31(35)22-26/h2-3,8-11,21-25,27-29H,4-7,12-20H2,1H3/b3-2+,9-8+,11-10+. The van der Waals surface area contributed by atoms with E-state index in [0.717, 1.165) is 50.7 Å². The Morgan fingerprint density at radius 1 is 0.725 bits per heavy atom. The quantitative estimate of drug-likeness (QED) is 0.159. The Balaban J connectivity index is 1.13. The van der Waals surface area contributed by atoms with E-state index in [-0.39, 0.29) is 12.2 Å². The third kappa shape index (κ3) is 9.01. The second-order valence-corrected chi connectivity index (χ2v) is 11.8. The average Bonchev–Trinajstić information content (AvgIpc) is 2.95. The predicted octanol–water partition coefficient (Wildman–Crippen LogP) is 9.80. The van der Waals surface area contributed by atoms with E-state index in [4.69, 9.17) is 9.47 Å². The van der Waals surface area contributed by atoms with E-state index in [2.05, 4.69) is 12.2 Å². The van der Waals surface area contributed by atoms with Gasteiger partial charge in [0.05, 0.1) is 24.7 Å². The summed E-state index contributed by atoms with van der Waals surface area (Å²) in [6, 6.07) is 2.02. The van der Waals surface area contributed by atoms with Crippen LogP contribution in [0.15, 0.2) is 42.5 Å². The monoisotopic (exact) mass is 566 g/mol. The van der Waals surface area contributed by atoms with Crippen LogP contribution in [0.5, 0.6) is 0 Å². The van der Waals surface area contributed by atoms with E-state index in [1.807, 2.05) is 25.2 Å². The first kappa shape index (κ1) is 31.0. The maximum atomic E-state index is 14.9. The zero-order valence-electron chi connectivity index (χ0n) is 23.5. The molecule has 0 saturated heterocycles. The van der Waals surface area contributed by atoms with Crippen LogP contribution in [-0.4, -0.2) is 24.9 Å². The molecule has 4 rings (SSSR count). The molecule has 1 aromatic rings. The van der Waals surface area contributed by atoms with Crippen molar-refractivity contribution in [3.8, 4) is 0 Å². The molecule has 0 amide bonds. The fourth-order valence-electron chi connectivity index (χ4n) is 6.33. The lowest BCUT2D eigenvalue weighted by Gasteiger charge is -2.36. The third-order valence-corrected chi connectivity index (χ3v) is 8.89. The molecule has 0 spiro atoms. The number of alkyl halides is 2. The first-order valence-electron chi connectivity index (χ1n) is 15.0. The van der Waals surface area contributed by atoms with Gasteiger partial charge in [-0.2, -0.15) is 8.78 Å². The zero-order valence-corrected chi connectivity index (χ0v) is 23.5. The fraction of sp³-hybridized carbons (Fsp3) is 0.636. The van der Waals surface area contributed by atoms with Gasteiger partial charge < -0.3 is 9.47 Å². The maximum Gasteiger partial charge on any atom is 0.358 e. The largest absolute Gasteiger partial charge is 0.374 e. The van der Waals surface area contributed by atoms with E-state index >= 15 is 0 Å². The molecule has 0 aliphatic heterocycles. The van der Waals surface area contributed by atoms with Crippen molar-refractivity contribution in [2.45, 2.75) is 102 Å². The summed E-state index contributed by atoms with van der Waals surface area (Å²) in [5.41, 5.74) is 0.327. The van der Waals surface area contributed by atoms with E-state index in [1.165, 1.54) is 0 Å². The van der Waals surface area contributed by atoms with Crippen LogP contribution in [0.2, 0.25) is 0 Å². The lowest BCUT2D eigenvalue weighted by molar-refractivity contribution is -0.302. The highest BCUT2D eigenvalue weighted by atomic mass is 19.3. The van der Waals surface area contributed by atoms with Crippen molar-refractivity contribution < 1.29 is 31.4 Å². The minimum Gasteiger partial charge on any atom is -0.374 e. The molecule has 0 radical (unpaired) electrons. The van der Waals surface area contributed by atoms with Gasteiger partial charge in [-0.3, -0.25) is 0 Å². The Morgan fingerprint density at radius 3 is 1.77 bits per heavy atom. The van der Waals surface area contributed by atoms with Gasteiger partial charge in [-0.25, -0.2) is 13.2 Å². The van der Waals surface area contributed by atoms with Crippen LogP contribution in [0.1, 0.15) is 89.5 Å². The Morgan fingerprint density at radius 2 is 1.23 bits per heavy atom. The van der Waals surface area contributed by atoms with E-state index in [0.29, 0.717) is 68.4 Å². The molecular weight excluding hydrogens is 523 g/mol. The Bertz CT molecular complexity index is 989. The molecule has 40 heavy (non-hydrogen) atoms. The molecule has 0 N–H and O–H groups in total. The molecule has 0 bridgehead atoms. The van der Waals surface area contributed by atoms with Crippen LogP contribution in [-0.2, 0) is 9.47 Å². The van der Waals surface area contributed by atoms with E-state index in [9.17, 15) is 22.0 Å². The average molecular weight is 567 g/mol. The van der Waals surface area contributed by atoms with Crippen LogP contribution < -0.4 is 0 Å². The predicted molar refractivity (Wildman–Crippen MR) is 148 cm³/mol. The number of allylic oxidation sites excluding steroid dienone is 4. The number of benzene rings is 1. The molecule has 0 aromatic heterocycles. The van der Waals surface area contributed by atoms with E-state index < -0.39 is 29.5 Å². The topological polar surface area (TPSA) is 18.5 Å². The first-order chi connectivity index (χ1) is 19.2. The van der Waals surface area contributed by atoms with Gasteiger partial charge in [-0.05, 0) is 119 Å². The van der Waals surface area contributed by atoms with Gasteiger partial charge in [-0.15, -0.1) is 0 Å². The molecule has 3 saturated carbocycles. The molecule has 0 unspecified atom stereocenters. The number of hydrogen-bond acceptors (Lipinski definition) is 2. The van der Waals surface area contributed by atoms with Crippen LogP contribution in [0.25, 0.3) is 6.08 Å². The van der Waals surface area contributed by atoms with Gasteiger partial charge >= 0.3 is 6.11 Å². The maximum absolute atomic E-state index is 14.9. The lowest BCUT2D eigenvalue weighted by Crippen LogP contribution is -2.39. The van der Waals surface area contributed by atoms with Crippen molar-refractivity contribution >= 4 is 6.08 Å². The second kappa shape index (κ2) is 14.8. The SMILES string of the molecule is C/C=C/COC1CCC(C(F)(F)OC2CCC(/C=C/C3CCC(/C=C/c4cc(F)c(F)c(F)c4)CC3)CC2)CC1. The highest BCUT2D eigenvalue weighted by Gasteiger charge is 2.45. The molecule has 0 heterocycles. The van der Waals surface area contributed by atoms with Crippen molar-refractivity contribution in [2.75, 3.05) is 6.61 Å². The van der Waals surface area contributed by atoms with Crippen LogP contribution >= 0.6 is 0 Å². The van der Waals surface area contributed by atoms with Crippen molar-refractivity contribution in [2.24, 2.45) is 23.7 Å². The Kier molecular flexibility index (Phi) is 11.4. The van der Waals surface area contributed by atoms with Crippen molar-refractivity contribution in [1.82, 2.24) is 0 Å². The highest BCUT2D eigenvalue weighted by Crippen LogP contribution is 2.41. The minimum atomic E-state index is -3.08. The molecule has 0 atom stereocenters. The fourth-order valence-corrected chi connectivity index (χ4v) is 6.33. The summed E-state index contributed by atoms with van der Waals surface area (Å²) >= 11 is 0. The van der Waals surface area contributed by atoms with Crippen molar-refractivity contribution in [3.63, 3.8) is 0 Å². The summed E-state index contributed by atoms with van der Waals surface area (Å²) < 4.78 is 80.9. The summed E-state index contributed by atoms with van der Waals surface area (Å²) in [5, 5.41) is 0. The normalized spacial score (nSPS) is 30.6. The number of hydrogen-bond donors (Lipinski definition) is 0. The number of ether oxygens (including phenoxy) is 2. The highest BCUT2D eigenvalue weighted by molar-refractivity contribution is 5.49. The molecule has 7 heteroatoms. The minimum absolute atomic E-state index is 0.0651. The number of halogens is 5. The number of rotatable bonds is 10. The van der Waals surface area contributed by atoms with Gasteiger partial charge in [0.15, 0.2) is 17.5 Å². The summed E-state index contributed by atoms with van der Waals surface area (Å²) in [6.07, 6.45) is 18.0. The van der Waals surface area contributed by atoms with Gasteiger partial charge in [0.25, 0.3) is 0 Å². The van der Waals surface area contributed by atoms with Gasteiger partial charge in [0, 0.05) is 0 Å². The first-order valence-corrected chi connectivity index (χ1v) is 15.0. The molecule has 3 aliphatic carbocycles. The smallest absolute Gasteiger partial charge is 0.358 e. The molecule has 3 aliphatic rings. The van der Waals surface area contributed by atoms with E-state index in [1.54, 1.807) is 6.08 Å². The summed E-state index contributed by atoms with van der Waals surface area (Å²) in [5.74, 6) is -3.30. The van der Waals surface area contributed by atoms with Crippen molar-refractivity contribution in [3.05, 3.63) is 65.5 Å². The summed E-state index contributed by atoms with van der Waals surface area (Å²) in [4.78, 5) is 0. The molecule has 222 valence electrons. The third-order valence-electron chi connectivity index (χ3n) is 8.89. The second-order valence-electron chi connectivity index (χ2n) is 11.8. The van der Waals surface area contributed by atoms with Crippen LogP contribution in [0.4, 0.5) is 22.0 Å². The van der Waals surface area contributed by atoms with Gasteiger partial charge in [0.1, 0.15) is 0 Å².